The molecule has 0 unspecified atom stereocenters. The van der Waals surface area contributed by atoms with E-state index in [1.54, 1.807) is 12.1 Å². The van der Waals surface area contributed by atoms with Gasteiger partial charge in [0.25, 0.3) is 0 Å². The summed E-state index contributed by atoms with van der Waals surface area (Å²) < 4.78 is 48.6. The van der Waals surface area contributed by atoms with Crippen LogP contribution in [0.2, 0.25) is 0 Å². The lowest BCUT2D eigenvalue weighted by Crippen LogP contribution is -2.00. The maximum atomic E-state index is 14.1. The lowest BCUT2D eigenvalue weighted by atomic mass is 10.0. The van der Waals surface area contributed by atoms with Crippen LogP contribution in [-0.2, 0) is 6.54 Å². The molecule has 0 saturated heterocycles. The topological polar surface area (TPSA) is 39.9 Å². The van der Waals surface area contributed by atoms with Crippen LogP contribution in [0.15, 0.2) is 79.1 Å². The maximum absolute atomic E-state index is 14.1. The fourth-order valence-electron chi connectivity index (χ4n) is 3.71. The number of hydrogen-bond acceptors (Lipinski definition) is 3. The van der Waals surface area contributed by atoms with Crippen molar-refractivity contribution in [2.24, 2.45) is 0 Å². The average Bonchev–Trinajstić information content (AvgIpc) is 3.24. The first-order valence-electron chi connectivity index (χ1n) is 10.2. The number of aromatic nitrogens is 3. The summed E-state index contributed by atoms with van der Waals surface area (Å²) in [6.07, 6.45) is 3.67. The zero-order valence-electron chi connectivity index (χ0n) is 17.6. The smallest absolute Gasteiger partial charge is 0.169 e. The van der Waals surface area contributed by atoms with Gasteiger partial charge >= 0.3 is 0 Å². The Hall–Kier alpha value is -4.13. The summed E-state index contributed by atoms with van der Waals surface area (Å²) in [6, 6.07) is 18.4. The Morgan fingerprint density at radius 2 is 1.58 bits per heavy atom. The molecule has 3 aromatic rings. The quantitative estimate of drug-likeness (QED) is 0.324. The monoisotopic (exact) mass is 445 g/mol. The zero-order valence-corrected chi connectivity index (χ0v) is 17.6. The second-order valence-corrected chi connectivity index (χ2v) is 7.58. The first kappa shape index (κ1) is 20.8. The number of ether oxygens (including phenoxy) is 1. The second-order valence-electron chi connectivity index (χ2n) is 7.58. The molecule has 7 heteroatoms. The van der Waals surface area contributed by atoms with Crippen molar-refractivity contribution >= 4 is 0 Å². The Kier molecular flexibility index (Phi) is 5.30. The van der Waals surface area contributed by atoms with Crippen molar-refractivity contribution in [3.05, 3.63) is 102 Å². The fraction of sp³-hybridized carbons (Fsp3) is 0.0769. The van der Waals surface area contributed by atoms with Crippen LogP contribution in [0.5, 0.6) is 5.75 Å². The first-order chi connectivity index (χ1) is 16.0. The van der Waals surface area contributed by atoms with E-state index in [-0.39, 0.29) is 17.1 Å². The van der Waals surface area contributed by atoms with E-state index in [2.05, 4.69) is 9.97 Å². The van der Waals surface area contributed by atoms with E-state index in [0.29, 0.717) is 17.9 Å². The van der Waals surface area contributed by atoms with Gasteiger partial charge in [0.2, 0.25) is 0 Å². The minimum Gasteiger partial charge on any atom is -0.494 e. The summed E-state index contributed by atoms with van der Waals surface area (Å²) in [5.41, 5.74) is 3.90. The number of fused-ring (bicyclic) bond motifs is 1. The Labute approximate surface area is 188 Å². The maximum Gasteiger partial charge on any atom is 0.169 e. The molecule has 0 fully saturated rings. The third kappa shape index (κ3) is 4.05. The van der Waals surface area contributed by atoms with Gasteiger partial charge in [-0.05, 0) is 47.0 Å². The predicted octanol–water partition coefficient (Wildman–Crippen LogP) is 6.19. The van der Waals surface area contributed by atoms with Crippen LogP contribution in [-0.4, -0.2) is 21.6 Å². The Bertz CT molecular complexity index is 1410. The van der Waals surface area contributed by atoms with Crippen molar-refractivity contribution in [3.63, 3.8) is 0 Å². The highest BCUT2D eigenvalue weighted by Crippen LogP contribution is 2.28. The third-order valence-corrected chi connectivity index (χ3v) is 5.42. The van der Waals surface area contributed by atoms with Crippen molar-refractivity contribution < 1.29 is 17.9 Å². The van der Waals surface area contributed by atoms with Crippen LogP contribution in [0.3, 0.4) is 0 Å². The van der Waals surface area contributed by atoms with Crippen LogP contribution in [0, 0.1) is 17.5 Å². The van der Waals surface area contributed by atoms with Crippen molar-refractivity contribution in [1.29, 1.82) is 0 Å². The molecule has 164 valence electrons. The lowest BCUT2D eigenvalue weighted by molar-refractivity contribution is 0.386. The molecule has 0 spiro atoms. The van der Waals surface area contributed by atoms with Crippen molar-refractivity contribution in [2.45, 2.75) is 6.54 Å². The fourth-order valence-corrected chi connectivity index (χ4v) is 3.71. The molecule has 0 radical (unpaired) electrons. The lowest BCUT2D eigenvalue weighted by Gasteiger charge is -2.10. The number of halogens is 3. The van der Waals surface area contributed by atoms with Crippen LogP contribution >= 0.6 is 0 Å². The van der Waals surface area contributed by atoms with Gasteiger partial charge in [0, 0.05) is 18.9 Å². The van der Waals surface area contributed by atoms with Gasteiger partial charge in [-0.1, -0.05) is 36.4 Å². The molecular formula is C26H18F3N3O. The minimum absolute atomic E-state index is 0.0308. The van der Waals surface area contributed by atoms with E-state index >= 15 is 0 Å². The van der Waals surface area contributed by atoms with Crippen molar-refractivity contribution in [2.75, 3.05) is 7.11 Å². The highest BCUT2D eigenvalue weighted by atomic mass is 19.2. The predicted molar refractivity (Wildman–Crippen MR) is 119 cm³/mol. The Balaban J connectivity index is 1.38. The van der Waals surface area contributed by atoms with E-state index in [0.717, 1.165) is 22.8 Å². The summed E-state index contributed by atoms with van der Waals surface area (Å²) in [7, 11) is 1.43. The number of methoxy groups -OCH3 is 1. The molecule has 0 bridgehead atoms. The number of pyridine rings is 1. The van der Waals surface area contributed by atoms with Gasteiger partial charge in [-0.2, -0.15) is 0 Å². The summed E-state index contributed by atoms with van der Waals surface area (Å²) >= 11 is 0. The van der Waals surface area contributed by atoms with E-state index in [1.165, 1.54) is 25.3 Å². The molecule has 2 heterocycles. The Morgan fingerprint density at radius 3 is 2.33 bits per heavy atom. The summed E-state index contributed by atoms with van der Waals surface area (Å²) in [5.74, 6) is -1.94. The van der Waals surface area contributed by atoms with Crippen LogP contribution in [0.4, 0.5) is 13.2 Å². The summed E-state index contributed by atoms with van der Waals surface area (Å²) in [4.78, 5) is 8.71. The number of hydrogen-bond donors (Lipinski definition) is 0. The number of benzene rings is 3. The third-order valence-electron chi connectivity index (χ3n) is 5.42. The molecule has 3 aromatic carbocycles. The van der Waals surface area contributed by atoms with Crippen molar-refractivity contribution in [3.8, 4) is 39.7 Å². The highest BCUT2D eigenvalue weighted by molar-refractivity contribution is 5.66. The van der Waals surface area contributed by atoms with Gasteiger partial charge in [-0.15, -0.1) is 0 Å². The Morgan fingerprint density at radius 1 is 0.818 bits per heavy atom. The van der Waals surface area contributed by atoms with Gasteiger partial charge in [-0.3, -0.25) is 0 Å². The van der Waals surface area contributed by atoms with E-state index < -0.39 is 17.5 Å². The van der Waals surface area contributed by atoms with Gasteiger partial charge in [0.05, 0.1) is 18.4 Å². The number of nitrogens with zero attached hydrogens (tertiary/aromatic N) is 3. The van der Waals surface area contributed by atoms with Gasteiger partial charge in [0.1, 0.15) is 5.69 Å². The molecule has 0 amide bonds. The molecule has 0 saturated carbocycles. The summed E-state index contributed by atoms with van der Waals surface area (Å²) in [6.45, 7) is 0.573. The van der Waals surface area contributed by atoms with E-state index in [9.17, 15) is 13.2 Å². The van der Waals surface area contributed by atoms with Gasteiger partial charge in [-0.25, -0.2) is 23.1 Å². The SMILES string of the molecule is COc1ccc(-c2ccc(Cn3ccc4nc(-c5cccc(F)c5F)nc-4c3)cc2)cc1F. The molecule has 33 heavy (non-hydrogen) atoms. The standard InChI is InChI=1S/C26H18F3N3O/c1-33-24-10-9-18(13-21(24)28)17-7-5-16(6-8-17)14-32-12-11-22-23(15-32)31-26(30-22)19-3-2-4-20(27)25(19)29/h2-13,15H,14H2,1H3. The molecule has 0 atom stereocenters. The van der Waals surface area contributed by atoms with Gasteiger partial charge in [0.15, 0.2) is 29.0 Å². The number of imidazole rings is 1. The van der Waals surface area contributed by atoms with Gasteiger partial charge < -0.3 is 9.30 Å². The van der Waals surface area contributed by atoms with Crippen LogP contribution in [0.1, 0.15) is 5.56 Å². The van der Waals surface area contributed by atoms with Crippen LogP contribution < -0.4 is 4.74 Å². The first-order valence-corrected chi connectivity index (χ1v) is 10.2. The average molecular weight is 445 g/mol. The molecule has 0 N–H and O–H groups in total. The molecule has 2 aliphatic rings. The molecule has 0 aromatic heterocycles. The van der Waals surface area contributed by atoms with E-state index in [4.69, 9.17) is 4.74 Å². The zero-order chi connectivity index (χ0) is 22.9. The van der Waals surface area contributed by atoms with Crippen LogP contribution in [0.25, 0.3) is 33.9 Å². The molecule has 5 rings (SSSR count). The van der Waals surface area contributed by atoms with E-state index in [1.807, 2.05) is 47.3 Å². The molecule has 2 aliphatic heterocycles. The number of rotatable bonds is 5. The highest BCUT2D eigenvalue weighted by Gasteiger charge is 2.17. The molecule has 0 aliphatic carbocycles. The van der Waals surface area contributed by atoms with Crippen molar-refractivity contribution in [1.82, 2.24) is 14.5 Å². The largest absolute Gasteiger partial charge is 0.494 e. The molecular weight excluding hydrogens is 427 g/mol. The second kappa shape index (κ2) is 8.43. The summed E-state index contributed by atoms with van der Waals surface area (Å²) in [5, 5.41) is 0. The minimum atomic E-state index is -0.961. The normalized spacial score (nSPS) is 11.2. The molecule has 4 nitrogen and oxygen atoms in total.